The fourth-order valence-corrected chi connectivity index (χ4v) is 3.40. The van der Waals surface area contributed by atoms with E-state index < -0.39 is 5.91 Å². The number of carbonyl (C=O) groups is 3. The number of carbonyl (C=O) groups excluding carboxylic acids is 3. The highest BCUT2D eigenvalue weighted by atomic mass is 32.1. The number of hydrogen-bond acceptors (Lipinski definition) is 4. The van der Waals surface area contributed by atoms with Crippen molar-refractivity contribution >= 4 is 29.1 Å². The lowest BCUT2D eigenvalue weighted by molar-refractivity contribution is -0.127. The molecule has 1 heterocycles. The minimum absolute atomic E-state index is 0.143. The first kappa shape index (κ1) is 20.6. The van der Waals surface area contributed by atoms with Gasteiger partial charge >= 0.3 is 0 Å². The molecular formula is C20H25N3O3S. The van der Waals surface area contributed by atoms with Crippen LogP contribution in [0.3, 0.4) is 0 Å². The van der Waals surface area contributed by atoms with Gasteiger partial charge in [-0.15, -0.1) is 11.3 Å². The minimum Gasteiger partial charge on any atom is -0.347 e. The lowest BCUT2D eigenvalue weighted by atomic mass is 10.0. The maximum atomic E-state index is 12.3. The molecule has 144 valence electrons. The lowest BCUT2D eigenvalue weighted by Gasteiger charge is -2.19. The Morgan fingerprint density at radius 2 is 1.70 bits per heavy atom. The highest BCUT2D eigenvalue weighted by Crippen LogP contribution is 2.26. The Balaban J connectivity index is 1.99. The van der Waals surface area contributed by atoms with Crippen molar-refractivity contribution in [2.45, 2.75) is 32.7 Å². The van der Waals surface area contributed by atoms with Gasteiger partial charge in [-0.1, -0.05) is 43.7 Å². The van der Waals surface area contributed by atoms with Gasteiger partial charge in [0.05, 0.1) is 19.1 Å². The Labute approximate surface area is 163 Å². The third-order valence-corrected chi connectivity index (χ3v) is 4.87. The molecule has 0 saturated carbocycles. The lowest BCUT2D eigenvalue weighted by Crippen LogP contribution is -2.42. The molecule has 2 rings (SSSR count). The summed E-state index contributed by atoms with van der Waals surface area (Å²) in [5.41, 5.74) is 2.26. The topological polar surface area (TPSA) is 87.3 Å². The summed E-state index contributed by atoms with van der Waals surface area (Å²) in [4.78, 5) is 35.8. The smallest absolute Gasteiger partial charge is 0.240 e. The number of benzene rings is 1. The zero-order valence-corrected chi connectivity index (χ0v) is 16.4. The Morgan fingerprint density at radius 1 is 1.00 bits per heavy atom. The zero-order valence-electron chi connectivity index (χ0n) is 15.6. The molecule has 0 spiro atoms. The van der Waals surface area contributed by atoms with E-state index in [1.807, 2.05) is 29.6 Å². The van der Waals surface area contributed by atoms with Crippen molar-refractivity contribution in [2.24, 2.45) is 0 Å². The summed E-state index contributed by atoms with van der Waals surface area (Å²) in [6.45, 7) is 3.18. The predicted octanol–water partition coefficient (Wildman–Crippen LogP) is 2.16. The fraction of sp³-hybridized carbons (Fsp3) is 0.350. The van der Waals surface area contributed by atoms with Crippen LogP contribution in [0.25, 0.3) is 0 Å². The van der Waals surface area contributed by atoms with Gasteiger partial charge < -0.3 is 16.0 Å². The molecule has 3 N–H and O–H groups in total. The fourth-order valence-electron chi connectivity index (χ4n) is 2.60. The second kappa shape index (κ2) is 10.5. The maximum Gasteiger partial charge on any atom is 0.240 e. The SMILES string of the molecule is CCCc1ccc(C(NC(=O)CNC(=O)CNC(C)=O)c2cccs2)cc1. The van der Waals surface area contributed by atoms with Crippen LogP contribution in [-0.4, -0.2) is 30.8 Å². The summed E-state index contributed by atoms with van der Waals surface area (Å²) >= 11 is 1.57. The number of rotatable bonds is 9. The molecule has 0 bridgehead atoms. The van der Waals surface area contributed by atoms with Crippen LogP contribution < -0.4 is 16.0 Å². The molecule has 1 aromatic heterocycles. The third-order valence-electron chi connectivity index (χ3n) is 3.93. The maximum absolute atomic E-state index is 12.3. The van der Waals surface area contributed by atoms with Crippen molar-refractivity contribution in [3.63, 3.8) is 0 Å². The Morgan fingerprint density at radius 3 is 2.30 bits per heavy atom. The summed E-state index contributed by atoms with van der Waals surface area (Å²) in [6.07, 6.45) is 2.11. The zero-order chi connectivity index (χ0) is 19.6. The second-order valence-electron chi connectivity index (χ2n) is 6.19. The molecule has 0 radical (unpaired) electrons. The molecule has 27 heavy (non-hydrogen) atoms. The summed E-state index contributed by atoms with van der Waals surface area (Å²) in [5.74, 6) is -0.988. The van der Waals surface area contributed by atoms with Gasteiger partial charge in [-0.25, -0.2) is 0 Å². The van der Waals surface area contributed by atoms with Crippen LogP contribution in [0, 0.1) is 0 Å². The highest BCUT2D eigenvalue weighted by Gasteiger charge is 2.18. The van der Waals surface area contributed by atoms with Crippen LogP contribution in [0.1, 0.15) is 42.3 Å². The Bertz CT molecular complexity index is 757. The van der Waals surface area contributed by atoms with Crippen molar-refractivity contribution < 1.29 is 14.4 Å². The summed E-state index contributed by atoms with van der Waals surface area (Å²) in [6, 6.07) is 11.9. The van der Waals surface area contributed by atoms with E-state index in [4.69, 9.17) is 0 Å². The van der Waals surface area contributed by atoms with E-state index in [1.165, 1.54) is 12.5 Å². The molecule has 0 aliphatic heterocycles. The average molecular weight is 388 g/mol. The van der Waals surface area contributed by atoms with E-state index in [0.717, 1.165) is 23.3 Å². The molecular weight excluding hydrogens is 362 g/mol. The standard InChI is InChI=1S/C20H25N3O3S/c1-3-5-15-7-9-16(10-8-15)20(17-6-4-11-27-17)23-19(26)13-22-18(25)12-21-14(2)24/h4,6-11,20H,3,5,12-13H2,1-2H3,(H,21,24)(H,22,25)(H,23,26). The Hall–Kier alpha value is -2.67. The quantitative estimate of drug-likeness (QED) is 0.616. The predicted molar refractivity (Wildman–Crippen MR) is 106 cm³/mol. The molecule has 0 saturated heterocycles. The second-order valence-corrected chi connectivity index (χ2v) is 7.17. The largest absolute Gasteiger partial charge is 0.347 e. The normalized spacial score (nSPS) is 11.5. The van der Waals surface area contributed by atoms with Crippen LogP contribution >= 0.6 is 11.3 Å². The molecule has 1 atom stereocenters. The molecule has 0 aliphatic rings. The van der Waals surface area contributed by atoms with Gasteiger partial charge in [-0.2, -0.15) is 0 Å². The van der Waals surface area contributed by atoms with Crippen molar-refractivity contribution in [1.82, 2.24) is 16.0 Å². The molecule has 2 aromatic rings. The average Bonchev–Trinajstić information content (AvgIpc) is 3.18. The summed E-state index contributed by atoms with van der Waals surface area (Å²) in [7, 11) is 0. The van der Waals surface area contributed by atoms with E-state index in [-0.39, 0.29) is 30.9 Å². The summed E-state index contributed by atoms with van der Waals surface area (Å²) < 4.78 is 0. The van der Waals surface area contributed by atoms with Gasteiger partial charge in [0.15, 0.2) is 0 Å². The summed E-state index contributed by atoms with van der Waals surface area (Å²) in [5, 5.41) is 9.84. The van der Waals surface area contributed by atoms with E-state index >= 15 is 0 Å². The minimum atomic E-state index is -0.406. The van der Waals surface area contributed by atoms with Crippen molar-refractivity contribution in [1.29, 1.82) is 0 Å². The number of nitrogens with one attached hydrogen (secondary N) is 3. The molecule has 7 heteroatoms. The molecule has 3 amide bonds. The van der Waals surface area contributed by atoms with Gasteiger partial charge in [-0.3, -0.25) is 14.4 Å². The van der Waals surface area contributed by atoms with Gasteiger partial charge in [-0.05, 0) is 29.0 Å². The Kier molecular flexibility index (Phi) is 8.00. The molecule has 0 fully saturated rings. The first-order chi connectivity index (χ1) is 13.0. The van der Waals surface area contributed by atoms with E-state index in [0.29, 0.717) is 0 Å². The molecule has 1 unspecified atom stereocenters. The third kappa shape index (κ3) is 6.86. The molecule has 1 aromatic carbocycles. The van der Waals surface area contributed by atoms with Gasteiger partial charge in [0, 0.05) is 11.8 Å². The van der Waals surface area contributed by atoms with Crippen LogP contribution in [0.4, 0.5) is 0 Å². The number of aryl methyl sites for hydroxylation is 1. The number of amides is 3. The van der Waals surface area contributed by atoms with Crippen molar-refractivity contribution in [3.8, 4) is 0 Å². The van der Waals surface area contributed by atoms with E-state index in [9.17, 15) is 14.4 Å². The monoisotopic (exact) mass is 387 g/mol. The number of hydrogen-bond donors (Lipinski definition) is 3. The van der Waals surface area contributed by atoms with Gasteiger partial charge in [0.25, 0.3) is 0 Å². The number of thiophene rings is 1. The van der Waals surface area contributed by atoms with Crippen LogP contribution in [0.5, 0.6) is 0 Å². The van der Waals surface area contributed by atoms with Gasteiger partial charge in [0.2, 0.25) is 17.7 Å². The van der Waals surface area contributed by atoms with Gasteiger partial charge in [0.1, 0.15) is 0 Å². The first-order valence-corrected chi connectivity index (χ1v) is 9.80. The van der Waals surface area contributed by atoms with E-state index in [2.05, 4.69) is 35.0 Å². The molecule has 0 aliphatic carbocycles. The van der Waals surface area contributed by atoms with Crippen LogP contribution in [-0.2, 0) is 20.8 Å². The van der Waals surface area contributed by atoms with Crippen molar-refractivity contribution in [2.75, 3.05) is 13.1 Å². The highest BCUT2D eigenvalue weighted by molar-refractivity contribution is 7.10. The van der Waals surface area contributed by atoms with E-state index in [1.54, 1.807) is 11.3 Å². The molecule has 6 nitrogen and oxygen atoms in total. The van der Waals surface area contributed by atoms with Crippen LogP contribution in [0.15, 0.2) is 41.8 Å². The first-order valence-electron chi connectivity index (χ1n) is 8.92. The van der Waals surface area contributed by atoms with Crippen molar-refractivity contribution in [3.05, 3.63) is 57.8 Å². The van der Waals surface area contributed by atoms with Crippen LogP contribution in [0.2, 0.25) is 0 Å².